The van der Waals surface area contributed by atoms with Gasteiger partial charge in [0.05, 0.1) is 0 Å². The molecule has 0 aliphatic rings. The van der Waals surface area contributed by atoms with Gasteiger partial charge in [-0.3, -0.25) is 4.90 Å². The molecule has 1 atom stereocenters. The van der Waals surface area contributed by atoms with Crippen molar-refractivity contribution in [1.29, 1.82) is 0 Å². The van der Waals surface area contributed by atoms with Gasteiger partial charge in [-0.25, -0.2) is 0 Å². The zero-order valence-corrected chi connectivity index (χ0v) is 23.3. The van der Waals surface area contributed by atoms with E-state index >= 15 is 0 Å². The predicted octanol–water partition coefficient (Wildman–Crippen LogP) is 6.95. The lowest BCUT2D eigenvalue weighted by molar-refractivity contribution is 0.272. The first-order valence-electron chi connectivity index (χ1n) is 12.4. The molecule has 0 saturated carbocycles. The third-order valence-electron chi connectivity index (χ3n) is 6.49. The quantitative estimate of drug-likeness (QED) is 0.374. The maximum Gasteiger partial charge on any atom is 0.127 e. The number of phenols is 1. The van der Waals surface area contributed by atoms with Gasteiger partial charge in [0.1, 0.15) is 5.75 Å². The Bertz CT molecular complexity index is 1110. The Hall–Kier alpha value is -2.15. The summed E-state index contributed by atoms with van der Waals surface area (Å²) in [4.78, 5) is 2.49. The number of phenolic OH excluding ortho intramolecular Hbond substituents is 1. The molecule has 2 nitrogen and oxygen atoms in total. The molecule has 182 valence electrons. The number of hydrogen-bond acceptors (Lipinski definition) is 2. The lowest BCUT2D eigenvalue weighted by atomic mass is 9.80. The standard InChI is InChI=1S/C31H42NOP/c1-9-32(20-23-15-11-10-12-16-23)21-24-17-13-14-22(2)29(24)34-27-19-25(30(3,4)5)18-26(28(27)33)31(6,7)8/h10-19,33-34H,9,20-21H2,1-8H3. The second-order valence-electron chi connectivity index (χ2n) is 11.4. The fourth-order valence-corrected chi connectivity index (χ4v) is 5.62. The minimum atomic E-state index is -0.117. The molecule has 1 unspecified atom stereocenters. The van der Waals surface area contributed by atoms with Crippen LogP contribution >= 0.6 is 8.58 Å². The molecule has 0 aliphatic heterocycles. The highest BCUT2D eigenvalue weighted by molar-refractivity contribution is 7.56. The van der Waals surface area contributed by atoms with Crippen molar-refractivity contribution in [2.45, 2.75) is 79.3 Å². The lowest BCUT2D eigenvalue weighted by Gasteiger charge is -2.28. The van der Waals surface area contributed by atoms with E-state index in [1.807, 2.05) is 0 Å². The van der Waals surface area contributed by atoms with Crippen LogP contribution in [0.4, 0.5) is 0 Å². The SMILES string of the molecule is CCN(Cc1ccccc1)Cc1cccc(C)c1Pc1cc(C(C)(C)C)cc(C(C)(C)C)c1O. The molecule has 3 aromatic carbocycles. The summed E-state index contributed by atoms with van der Waals surface area (Å²) < 4.78 is 0. The third-order valence-corrected chi connectivity index (χ3v) is 8.11. The second kappa shape index (κ2) is 10.6. The van der Waals surface area contributed by atoms with Crippen LogP contribution in [0.3, 0.4) is 0 Å². The molecular weight excluding hydrogens is 433 g/mol. The van der Waals surface area contributed by atoms with E-state index in [1.54, 1.807) is 0 Å². The van der Waals surface area contributed by atoms with Crippen LogP contribution < -0.4 is 10.6 Å². The van der Waals surface area contributed by atoms with Crippen LogP contribution in [0.1, 0.15) is 76.3 Å². The molecule has 34 heavy (non-hydrogen) atoms. The molecule has 0 bridgehead atoms. The average molecular weight is 476 g/mol. The van der Waals surface area contributed by atoms with Crippen molar-refractivity contribution in [2.24, 2.45) is 0 Å². The number of rotatable bonds is 7. The molecule has 3 rings (SSSR count). The summed E-state index contributed by atoms with van der Waals surface area (Å²) in [6, 6.07) is 21.8. The number of benzene rings is 3. The summed E-state index contributed by atoms with van der Waals surface area (Å²) in [7, 11) is 0.416. The van der Waals surface area contributed by atoms with Crippen molar-refractivity contribution in [3.8, 4) is 5.75 Å². The van der Waals surface area contributed by atoms with Gasteiger partial charge in [-0.15, -0.1) is 0 Å². The topological polar surface area (TPSA) is 23.5 Å². The first kappa shape index (κ1) is 26.5. The Morgan fingerprint density at radius 2 is 1.50 bits per heavy atom. The van der Waals surface area contributed by atoms with Crippen LogP contribution in [0.5, 0.6) is 5.75 Å². The van der Waals surface area contributed by atoms with Crippen LogP contribution in [-0.2, 0) is 23.9 Å². The lowest BCUT2D eigenvalue weighted by Crippen LogP contribution is -2.26. The molecule has 0 heterocycles. The third kappa shape index (κ3) is 6.49. The smallest absolute Gasteiger partial charge is 0.127 e. The Kier molecular flexibility index (Phi) is 8.27. The van der Waals surface area contributed by atoms with Gasteiger partial charge in [0.25, 0.3) is 0 Å². The molecule has 1 N–H and O–H groups in total. The highest BCUT2D eigenvalue weighted by atomic mass is 31.1. The van der Waals surface area contributed by atoms with Crippen LogP contribution in [0.2, 0.25) is 0 Å². The van der Waals surface area contributed by atoms with Crippen LogP contribution in [0.15, 0.2) is 60.7 Å². The summed E-state index contributed by atoms with van der Waals surface area (Å²) in [5.41, 5.74) is 6.22. The monoisotopic (exact) mass is 475 g/mol. The van der Waals surface area contributed by atoms with E-state index in [0.29, 0.717) is 14.3 Å². The fraction of sp³-hybridized carbons (Fsp3) is 0.419. The predicted molar refractivity (Wildman–Crippen MR) is 150 cm³/mol. The number of aryl methyl sites for hydroxylation is 1. The Labute approximate surface area is 209 Å². The first-order chi connectivity index (χ1) is 15.9. The van der Waals surface area contributed by atoms with Crippen molar-refractivity contribution < 1.29 is 5.11 Å². The summed E-state index contributed by atoms with van der Waals surface area (Å²) in [5.74, 6) is 0.463. The van der Waals surface area contributed by atoms with E-state index in [4.69, 9.17) is 0 Å². The largest absolute Gasteiger partial charge is 0.507 e. The van der Waals surface area contributed by atoms with Gasteiger partial charge in [-0.05, 0) is 57.9 Å². The normalized spacial score (nSPS) is 12.7. The number of aromatic hydroxyl groups is 1. The maximum absolute atomic E-state index is 11.4. The molecular formula is C31H42NOP. The number of hydrogen-bond donors (Lipinski definition) is 1. The molecule has 0 fully saturated rings. The van der Waals surface area contributed by atoms with Gasteiger partial charge in [0.15, 0.2) is 0 Å². The van der Waals surface area contributed by atoms with Gasteiger partial charge in [-0.2, -0.15) is 0 Å². The van der Waals surface area contributed by atoms with E-state index in [2.05, 4.69) is 121 Å². The van der Waals surface area contributed by atoms with Gasteiger partial charge in [0.2, 0.25) is 0 Å². The van der Waals surface area contributed by atoms with Gasteiger partial charge in [0, 0.05) is 24.0 Å². The van der Waals surface area contributed by atoms with E-state index in [1.165, 1.54) is 27.6 Å². The summed E-state index contributed by atoms with van der Waals surface area (Å²) in [6.45, 7) is 20.6. The summed E-state index contributed by atoms with van der Waals surface area (Å²) >= 11 is 0. The maximum atomic E-state index is 11.4. The molecule has 0 radical (unpaired) electrons. The molecule has 0 amide bonds. The van der Waals surface area contributed by atoms with Crippen LogP contribution in [0.25, 0.3) is 0 Å². The van der Waals surface area contributed by atoms with Gasteiger partial charge >= 0.3 is 0 Å². The summed E-state index contributed by atoms with van der Waals surface area (Å²) in [5, 5.41) is 13.8. The van der Waals surface area contributed by atoms with Crippen molar-refractivity contribution in [3.05, 3.63) is 88.5 Å². The van der Waals surface area contributed by atoms with E-state index in [-0.39, 0.29) is 10.8 Å². The van der Waals surface area contributed by atoms with Crippen LogP contribution in [-0.4, -0.2) is 16.6 Å². The summed E-state index contributed by atoms with van der Waals surface area (Å²) in [6.07, 6.45) is 0. The Morgan fingerprint density at radius 1 is 0.824 bits per heavy atom. The molecule has 0 spiro atoms. The highest BCUT2D eigenvalue weighted by Crippen LogP contribution is 2.37. The molecule has 3 aromatic rings. The van der Waals surface area contributed by atoms with Crippen molar-refractivity contribution in [2.75, 3.05) is 6.54 Å². The molecule has 0 saturated heterocycles. The average Bonchev–Trinajstić information content (AvgIpc) is 2.75. The molecule has 0 aromatic heterocycles. The van der Waals surface area contributed by atoms with Crippen molar-refractivity contribution in [3.63, 3.8) is 0 Å². The minimum Gasteiger partial charge on any atom is -0.507 e. The number of nitrogens with zero attached hydrogens (tertiary/aromatic N) is 1. The van der Waals surface area contributed by atoms with Gasteiger partial charge in [-0.1, -0.05) is 112 Å². The van der Waals surface area contributed by atoms with E-state index in [0.717, 1.165) is 30.5 Å². The molecule has 3 heteroatoms. The molecule has 0 aliphatic carbocycles. The zero-order chi connectivity index (χ0) is 25.1. The second-order valence-corrected chi connectivity index (χ2v) is 12.7. The van der Waals surface area contributed by atoms with E-state index < -0.39 is 0 Å². The van der Waals surface area contributed by atoms with E-state index in [9.17, 15) is 5.11 Å². The Morgan fingerprint density at radius 3 is 2.09 bits per heavy atom. The Balaban J connectivity index is 2.00. The van der Waals surface area contributed by atoms with Crippen molar-refractivity contribution >= 4 is 19.2 Å². The minimum absolute atomic E-state index is 0.0240. The van der Waals surface area contributed by atoms with Crippen LogP contribution in [0, 0.1) is 6.92 Å². The first-order valence-corrected chi connectivity index (χ1v) is 13.4. The zero-order valence-electron chi connectivity index (χ0n) is 22.3. The fourth-order valence-electron chi connectivity index (χ4n) is 4.27. The highest BCUT2D eigenvalue weighted by Gasteiger charge is 2.25. The van der Waals surface area contributed by atoms with Gasteiger partial charge < -0.3 is 5.11 Å². The van der Waals surface area contributed by atoms with Crippen molar-refractivity contribution in [1.82, 2.24) is 4.90 Å².